The van der Waals surface area contributed by atoms with E-state index in [1.54, 1.807) is 38.5 Å². The number of benzene rings is 4. The number of carbonyl (C=O) groups is 2. The molecule has 0 saturated heterocycles. The molecule has 0 radical (unpaired) electrons. The summed E-state index contributed by atoms with van der Waals surface area (Å²) >= 11 is 0. The lowest BCUT2D eigenvalue weighted by Crippen LogP contribution is -2.13. The minimum Gasteiger partial charge on any atom is -0.497 e. The molecule has 182 valence electrons. The summed E-state index contributed by atoms with van der Waals surface area (Å²) in [5, 5.41) is 5.84. The Balaban J connectivity index is 1.48. The summed E-state index contributed by atoms with van der Waals surface area (Å²) in [6.45, 7) is 0. The third kappa shape index (κ3) is 6.41. The van der Waals surface area contributed by atoms with Gasteiger partial charge in [-0.3, -0.25) is 9.59 Å². The predicted molar refractivity (Wildman–Crippen MR) is 146 cm³/mol. The normalized spacial score (nSPS) is 10.4. The molecule has 2 N–H and O–H groups in total. The lowest BCUT2D eigenvalue weighted by Gasteiger charge is -2.12. The Morgan fingerprint density at radius 2 is 1.00 bits per heavy atom. The van der Waals surface area contributed by atoms with E-state index in [-0.39, 0.29) is 11.8 Å². The number of methoxy groups -OCH3 is 2. The van der Waals surface area contributed by atoms with Gasteiger partial charge in [0.1, 0.15) is 11.5 Å². The van der Waals surface area contributed by atoms with Crippen LogP contribution < -0.4 is 20.1 Å². The monoisotopic (exact) mass is 516 g/mol. The molecular weight excluding hydrogens is 492 g/mol. The molecule has 2 amide bonds. The second-order valence-corrected chi connectivity index (χ2v) is 9.74. The summed E-state index contributed by atoms with van der Waals surface area (Å²) in [5.74, 6) is 0.872. The zero-order valence-corrected chi connectivity index (χ0v) is 21.3. The van der Waals surface area contributed by atoms with Crippen molar-refractivity contribution in [2.45, 2.75) is 9.79 Å². The highest BCUT2D eigenvalue weighted by molar-refractivity contribution is 8.76. The fourth-order valence-electron chi connectivity index (χ4n) is 3.34. The molecule has 0 unspecified atom stereocenters. The van der Waals surface area contributed by atoms with Crippen LogP contribution in [-0.2, 0) is 0 Å². The van der Waals surface area contributed by atoms with Crippen LogP contribution in [0.25, 0.3) is 0 Å². The average Bonchev–Trinajstić information content (AvgIpc) is 2.92. The van der Waals surface area contributed by atoms with Gasteiger partial charge < -0.3 is 20.1 Å². The molecule has 0 aliphatic rings. The Morgan fingerprint density at radius 1 is 0.583 bits per heavy atom. The van der Waals surface area contributed by atoms with E-state index < -0.39 is 0 Å². The highest BCUT2D eigenvalue weighted by Gasteiger charge is 2.16. The third-order valence-electron chi connectivity index (χ3n) is 5.14. The molecule has 8 heteroatoms. The molecule has 0 aliphatic carbocycles. The first-order chi connectivity index (χ1) is 17.6. The van der Waals surface area contributed by atoms with Crippen LogP contribution in [0.15, 0.2) is 107 Å². The van der Waals surface area contributed by atoms with E-state index in [9.17, 15) is 9.59 Å². The maximum absolute atomic E-state index is 13.0. The molecule has 0 fully saturated rings. The van der Waals surface area contributed by atoms with E-state index in [0.29, 0.717) is 34.0 Å². The first-order valence-electron chi connectivity index (χ1n) is 11.0. The van der Waals surface area contributed by atoms with Crippen molar-refractivity contribution in [1.29, 1.82) is 0 Å². The number of anilines is 2. The van der Waals surface area contributed by atoms with E-state index in [4.69, 9.17) is 9.47 Å². The van der Waals surface area contributed by atoms with Crippen molar-refractivity contribution < 1.29 is 19.1 Å². The van der Waals surface area contributed by atoms with E-state index >= 15 is 0 Å². The van der Waals surface area contributed by atoms with Crippen molar-refractivity contribution >= 4 is 44.8 Å². The quantitative estimate of drug-likeness (QED) is 0.233. The van der Waals surface area contributed by atoms with E-state index in [1.807, 2.05) is 72.8 Å². The van der Waals surface area contributed by atoms with E-state index in [0.717, 1.165) is 9.79 Å². The Kier molecular flexibility index (Phi) is 8.54. The third-order valence-corrected chi connectivity index (χ3v) is 7.62. The molecule has 6 nitrogen and oxygen atoms in total. The minimum absolute atomic E-state index is 0.226. The smallest absolute Gasteiger partial charge is 0.256 e. The van der Waals surface area contributed by atoms with Gasteiger partial charge in [0.25, 0.3) is 11.8 Å². The maximum atomic E-state index is 13.0. The van der Waals surface area contributed by atoms with Crippen LogP contribution in [-0.4, -0.2) is 26.0 Å². The zero-order chi connectivity index (χ0) is 25.3. The number of hydrogen-bond acceptors (Lipinski definition) is 6. The summed E-state index contributed by atoms with van der Waals surface area (Å²) in [6.07, 6.45) is 0. The van der Waals surface area contributed by atoms with Gasteiger partial charge in [-0.05, 0) is 48.5 Å². The lowest BCUT2D eigenvalue weighted by molar-refractivity contribution is 0.101. The first kappa shape index (κ1) is 25.2. The Labute approximate surface area is 217 Å². The zero-order valence-electron chi connectivity index (χ0n) is 19.7. The molecule has 0 spiro atoms. The van der Waals surface area contributed by atoms with Gasteiger partial charge in [-0.1, -0.05) is 58.0 Å². The van der Waals surface area contributed by atoms with E-state index in [2.05, 4.69) is 10.6 Å². The van der Waals surface area contributed by atoms with E-state index in [1.165, 1.54) is 21.6 Å². The highest BCUT2D eigenvalue weighted by Crippen LogP contribution is 2.40. The second-order valence-electron chi connectivity index (χ2n) is 7.53. The summed E-state index contributed by atoms with van der Waals surface area (Å²) in [5.41, 5.74) is 2.37. The number of nitrogens with one attached hydrogen (secondary N) is 2. The highest BCUT2D eigenvalue weighted by atomic mass is 33.1. The molecule has 36 heavy (non-hydrogen) atoms. The molecule has 0 atom stereocenters. The molecule has 0 saturated carbocycles. The van der Waals surface area contributed by atoms with Crippen molar-refractivity contribution in [2.24, 2.45) is 0 Å². The fourth-order valence-corrected chi connectivity index (χ4v) is 5.70. The molecule has 4 aromatic rings. The molecular formula is C28H24N2O4S2. The lowest BCUT2D eigenvalue weighted by atomic mass is 10.2. The van der Waals surface area contributed by atoms with Crippen molar-refractivity contribution in [3.8, 4) is 11.5 Å². The van der Waals surface area contributed by atoms with Gasteiger partial charge in [0.15, 0.2) is 0 Å². The van der Waals surface area contributed by atoms with Crippen LogP contribution in [0.5, 0.6) is 11.5 Å². The van der Waals surface area contributed by atoms with Crippen LogP contribution in [0.2, 0.25) is 0 Å². The Bertz CT molecular complexity index is 1270. The van der Waals surface area contributed by atoms with Crippen LogP contribution in [0.1, 0.15) is 20.7 Å². The molecule has 4 rings (SSSR count). The van der Waals surface area contributed by atoms with Gasteiger partial charge in [-0.2, -0.15) is 0 Å². The summed E-state index contributed by atoms with van der Waals surface area (Å²) in [4.78, 5) is 27.6. The van der Waals surface area contributed by atoms with Crippen molar-refractivity contribution in [1.82, 2.24) is 0 Å². The van der Waals surface area contributed by atoms with Crippen LogP contribution in [0.4, 0.5) is 11.4 Å². The topological polar surface area (TPSA) is 76.7 Å². The van der Waals surface area contributed by atoms with Crippen molar-refractivity contribution in [2.75, 3.05) is 24.9 Å². The Hall–Kier alpha value is -3.88. The molecule has 0 aliphatic heterocycles. The largest absolute Gasteiger partial charge is 0.497 e. The van der Waals surface area contributed by atoms with Crippen LogP contribution >= 0.6 is 21.6 Å². The molecule has 0 heterocycles. The van der Waals surface area contributed by atoms with Gasteiger partial charge in [0.05, 0.1) is 25.3 Å². The fraction of sp³-hybridized carbons (Fsp3) is 0.0714. The van der Waals surface area contributed by atoms with Crippen LogP contribution in [0.3, 0.4) is 0 Å². The SMILES string of the molecule is COc1cccc(NC(=O)c2ccccc2SSc2ccccc2C(=O)Nc2cccc(OC)c2)c1. The first-order valence-corrected chi connectivity index (χ1v) is 13.2. The van der Waals surface area contributed by atoms with Gasteiger partial charge in [-0.15, -0.1) is 0 Å². The van der Waals surface area contributed by atoms with Gasteiger partial charge in [0, 0.05) is 33.3 Å². The molecule has 0 bridgehead atoms. The van der Waals surface area contributed by atoms with Crippen molar-refractivity contribution in [3.63, 3.8) is 0 Å². The van der Waals surface area contributed by atoms with Gasteiger partial charge in [0.2, 0.25) is 0 Å². The number of amides is 2. The number of ether oxygens (including phenoxy) is 2. The molecule has 0 aromatic heterocycles. The van der Waals surface area contributed by atoms with Crippen molar-refractivity contribution in [3.05, 3.63) is 108 Å². The standard InChI is InChI=1S/C28H24N2O4S2/c1-33-21-11-7-9-19(17-21)29-27(31)23-13-3-5-15-25(23)35-36-26-16-6-4-14-24(26)28(32)30-20-10-8-12-22(18-20)34-2/h3-18H,1-2H3,(H,29,31)(H,30,32). The second kappa shape index (κ2) is 12.2. The number of rotatable bonds is 9. The van der Waals surface area contributed by atoms with Gasteiger partial charge in [-0.25, -0.2) is 0 Å². The van der Waals surface area contributed by atoms with Gasteiger partial charge >= 0.3 is 0 Å². The van der Waals surface area contributed by atoms with Crippen LogP contribution in [0, 0.1) is 0 Å². The maximum Gasteiger partial charge on any atom is 0.256 e. The average molecular weight is 517 g/mol. The molecule has 4 aromatic carbocycles. The number of hydrogen-bond donors (Lipinski definition) is 2. The Morgan fingerprint density at radius 3 is 1.42 bits per heavy atom. The minimum atomic E-state index is -0.226. The number of carbonyl (C=O) groups excluding carboxylic acids is 2. The predicted octanol–water partition coefficient (Wildman–Crippen LogP) is 7.01. The summed E-state index contributed by atoms with van der Waals surface area (Å²) in [7, 11) is 6.01. The summed E-state index contributed by atoms with van der Waals surface area (Å²) in [6, 6.07) is 29.2. The summed E-state index contributed by atoms with van der Waals surface area (Å²) < 4.78 is 10.5.